The molecule has 21 heteroatoms. The maximum atomic E-state index is 13.6. The Bertz CT molecular complexity index is 905. The molecular formula is C17H13F17O4. The molecule has 0 aliphatic carbocycles. The molecule has 0 rings (SSSR count). The lowest BCUT2D eigenvalue weighted by Gasteiger charge is -2.42. The second-order valence-corrected chi connectivity index (χ2v) is 7.49. The Labute approximate surface area is 199 Å². The summed E-state index contributed by atoms with van der Waals surface area (Å²) in [6, 6.07) is 0. The molecule has 38 heavy (non-hydrogen) atoms. The Morgan fingerprint density at radius 1 is 0.605 bits per heavy atom. The normalized spacial score (nSPS) is 14.9. The fraction of sp³-hybridized carbons (Fsp3) is 0.765. The Hall–Kier alpha value is -2.51. The van der Waals surface area contributed by atoms with E-state index in [1.54, 1.807) is 0 Å². The van der Waals surface area contributed by atoms with Crippen molar-refractivity contribution in [3.05, 3.63) is 12.2 Å². The molecule has 0 atom stereocenters. The Morgan fingerprint density at radius 2 is 0.947 bits per heavy atom. The molecule has 4 nitrogen and oxygen atoms in total. The number of carbonyl (C=O) groups excluding carboxylic acids is 2. The van der Waals surface area contributed by atoms with E-state index in [2.05, 4.69) is 16.1 Å². The van der Waals surface area contributed by atoms with Crippen LogP contribution in [-0.2, 0) is 19.1 Å². The van der Waals surface area contributed by atoms with Crippen LogP contribution in [0.1, 0.15) is 26.7 Å². The summed E-state index contributed by atoms with van der Waals surface area (Å²) in [6.07, 6.45) is -18.7. The van der Waals surface area contributed by atoms with Gasteiger partial charge < -0.3 is 9.47 Å². The first-order valence-electron chi connectivity index (χ1n) is 9.18. The van der Waals surface area contributed by atoms with Crippen LogP contribution >= 0.6 is 0 Å². The second kappa shape index (κ2) is 10.2. The molecule has 224 valence electrons. The van der Waals surface area contributed by atoms with Crippen LogP contribution in [0, 0.1) is 0 Å². The summed E-state index contributed by atoms with van der Waals surface area (Å²) in [5.41, 5.74) is -0.755. The number of carbonyl (C=O) groups is 2. The highest BCUT2D eigenvalue weighted by atomic mass is 19.4. The number of ether oxygens (including phenoxy) is 2. The third-order valence-corrected chi connectivity index (χ3v) is 4.20. The van der Waals surface area contributed by atoms with Gasteiger partial charge in [0.1, 0.15) is 0 Å². The molecule has 0 unspecified atom stereocenters. The summed E-state index contributed by atoms with van der Waals surface area (Å²) in [4.78, 5) is 22.7. The summed E-state index contributed by atoms with van der Waals surface area (Å²) in [7, 11) is 0. The van der Waals surface area contributed by atoms with Gasteiger partial charge in [-0.3, -0.25) is 4.79 Å². The molecule has 0 bridgehead atoms. The van der Waals surface area contributed by atoms with Crippen molar-refractivity contribution < 1.29 is 93.7 Å². The van der Waals surface area contributed by atoms with Crippen molar-refractivity contribution in [1.29, 1.82) is 0 Å². The van der Waals surface area contributed by atoms with Crippen LogP contribution in [0.5, 0.6) is 0 Å². The van der Waals surface area contributed by atoms with Gasteiger partial charge in [-0.1, -0.05) is 6.58 Å². The molecule has 0 aliphatic rings. The molecule has 0 amide bonds. The highest BCUT2D eigenvalue weighted by Gasteiger charge is 2.95. The predicted octanol–water partition coefficient (Wildman–Crippen LogP) is 6.78. The zero-order valence-corrected chi connectivity index (χ0v) is 18.3. The molecule has 0 saturated carbocycles. The summed E-state index contributed by atoms with van der Waals surface area (Å²) >= 11 is 0. The molecule has 0 fully saturated rings. The molecular weight excluding hydrogens is 591 g/mol. The van der Waals surface area contributed by atoms with Gasteiger partial charge >= 0.3 is 59.8 Å². The van der Waals surface area contributed by atoms with Gasteiger partial charge in [0, 0.05) is 12.0 Å². The monoisotopic (exact) mass is 604 g/mol. The van der Waals surface area contributed by atoms with Crippen molar-refractivity contribution in [3.8, 4) is 0 Å². The summed E-state index contributed by atoms with van der Waals surface area (Å²) in [5, 5.41) is 0. The van der Waals surface area contributed by atoms with Crippen LogP contribution in [0.2, 0.25) is 0 Å². The van der Waals surface area contributed by atoms with E-state index in [9.17, 15) is 84.2 Å². The first-order chi connectivity index (χ1) is 16.4. The lowest BCUT2D eigenvalue weighted by molar-refractivity contribution is -0.474. The third kappa shape index (κ3) is 5.74. The Morgan fingerprint density at radius 3 is 1.29 bits per heavy atom. The number of halogens is 17. The fourth-order valence-electron chi connectivity index (χ4n) is 2.06. The van der Waals surface area contributed by atoms with E-state index in [0.29, 0.717) is 0 Å². The van der Waals surface area contributed by atoms with E-state index in [1.807, 2.05) is 0 Å². The second-order valence-electron chi connectivity index (χ2n) is 7.49. The predicted molar refractivity (Wildman–Crippen MR) is 86.4 cm³/mol. The van der Waals surface area contributed by atoms with Gasteiger partial charge in [0.15, 0.2) is 0 Å². The molecule has 0 aliphatic heterocycles. The first-order valence-corrected chi connectivity index (χ1v) is 9.18. The summed E-state index contributed by atoms with van der Waals surface area (Å²) < 4.78 is 230. The third-order valence-electron chi connectivity index (χ3n) is 4.20. The molecule has 0 aromatic rings. The average molecular weight is 604 g/mol. The van der Waals surface area contributed by atoms with E-state index in [4.69, 9.17) is 0 Å². The van der Waals surface area contributed by atoms with Gasteiger partial charge in [-0.15, -0.1) is 0 Å². The minimum Gasteiger partial charge on any atom is -0.460 e. The molecule has 0 aromatic heterocycles. The van der Waals surface area contributed by atoms with Crippen molar-refractivity contribution in [1.82, 2.24) is 0 Å². The van der Waals surface area contributed by atoms with Gasteiger partial charge in [-0.2, -0.15) is 74.6 Å². The van der Waals surface area contributed by atoms with Crippen molar-refractivity contribution in [2.75, 3.05) is 0 Å². The Kier molecular flexibility index (Phi) is 9.56. The summed E-state index contributed by atoms with van der Waals surface area (Å²) in [5.74, 6) is -55.3. The molecule has 0 N–H and O–H groups in total. The van der Waals surface area contributed by atoms with E-state index < -0.39 is 84.3 Å². The maximum absolute atomic E-state index is 13.6. The molecule has 0 spiro atoms. The lowest BCUT2D eigenvalue weighted by Crippen LogP contribution is -2.74. The number of esters is 2. The number of hydrogen-bond donors (Lipinski definition) is 0. The maximum Gasteiger partial charge on any atom is 0.473 e. The van der Waals surface area contributed by atoms with Crippen LogP contribution in [0.3, 0.4) is 0 Å². The first kappa shape index (κ1) is 35.5. The van der Waals surface area contributed by atoms with E-state index in [-0.39, 0.29) is 0 Å². The average Bonchev–Trinajstić information content (AvgIpc) is 2.69. The Balaban J connectivity index is 6.18. The van der Waals surface area contributed by atoms with Gasteiger partial charge in [0.25, 0.3) is 0 Å². The summed E-state index contributed by atoms with van der Waals surface area (Å²) in [6.45, 7) is 5.51. The van der Waals surface area contributed by atoms with Crippen LogP contribution in [0.15, 0.2) is 12.2 Å². The van der Waals surface area contributed by atoms with Crippen molar-refractivity contribution in [2.45, 2.75) is 80.6 Å². The lowest BCUT2D eigenvalue weighted by atomic mass is 9.90. The van der Waals surface area contributed by atoms with Crippen LogP contribution in [-0.4, -0.2) is 65.9 Å². The highest BCUT2D eigenvalue weighted by Crippen LogP contribution is 2.64. The van der Waals surface area contributed by atoms with Crippen molar-refractivity contribution in [2.24, 2.45) is 0 Å². The van der Waals surface area contributed by atoms with Gasteiger partial charge in [-0.25, -0.2) is 4.79 Å². The largest absolute Gasteiger partial charge is 0.473 e. The van der Waals surface area contributed by atoms with E-state index in [0.717, 1.165) is 0 Å². The zero-order valence-electron chi connectivity index (χ0n) is 18.3. The van der Waals surface area contributed by atoms with Crippen molar-refractivity contribution in [3.63, 3.8) is 0 Å². The highest BCUT2D eigenvalue weighted by molar-refractivity contribution is 5.88. The van der Waals surface area contributed by atoms with Crippen LogP contribution in [0.4, 0.5) is 74.6 Å². The minimum absolute atomic E-state index is 0.755. The zero-order chi connectivity index (χ0) is 31.1. The van der Waals surface area contributed by atoms with Gasteiger partial charge in [0.2, 0.25) is 0 Å². The number of hydrogen-bond acceptors (Lipinski definition) is 4. The quantitative estimate of drug-likeness (QED) is 0.140. The molecule has 0 aromatic carbocycles. The minimum atomic E-state index is -8.79. The standard InChI is InChI=1S/C17H13F17O4/c1-6(2)37-9(36)7(3)4-5-8(35)38-17(33,34)15(28,29)13(24,25)11(20,21)10(18,19)12(22,23)14(26,27)16(30,31)32/h6H,3-5H2,1-2H3. The number of rotatable bonds is 12. The van der Waals surface area contributed by atoms with Gasteiger partial charge in [-0.05, 0) is 20.3 Å². The van der Waals surface area contributed by atoms with Gasteiger partial charge in [0.05, 0.1) is 6.10 Å². The van der Waals surface area contributed by atoms with Crippen LogP contribution in [0.25, 0.3) is 0 Å². The molecule has 0 radical (unpaired) electrons. The fourth-order valence-corrected chi connectivity index (χ4v) is 2.06. The van der Waals surface area contributed by atoms with Crippen molar-refractivity contribution >= 4 is 11.9 Å². The topological polar surface area (TPSA) is 52.6 Å². The van der Waals surface area contributed by atoms with E-state index >= 15 is 0 Å². The van der Waals surface area contributed by atoms with Crippen LogP contribution < -0.4 is 0 Å². The SMILES string of the molecule is C=C(CCC(=O)OC(F)(F)C(F)(F)C(F)(F)C(F)(F)C(F)(F)C(F)(F)C(F)(F)C(F)(F)F)C(=O)OC(C)C. The molecule has 0 heterocycles. The molecule has 0 saturated heterocycles. The number of alkyl halides is 17. The van der Waals surface area contributed by atoms with E-state index in [1.165, 1.54) is 13.8 Å². The smallest absolute Gasteiger partial charge is 0.460 e.